The molecule has 0 radical (unpaired) electrons. The highest BCUT2D eigenvalue weighted by molar-refractivity contribution is 9.10. The predicted molar refractivity (Wildman–Crippen MR) is 213 cm³/mol. The lowest BCUT2D eigenvalue weighted by molar-refractivity contribution is -0.139. The third-order valence-electron chi connectivity index (χ3n) is 5.81. The lowest BCUT2D eigenvalue weighted by atomic mass is 10.3. The quantitative estimate of drug-likeness (QED) is 0.0867. The Morgan fingerprint density at radius 3 is 1.41 bits per heavy atom. The summed E-state index contributed by atoms with van der Waals surface area (Å²) < 4.78 is 70.0. The number of carbonyl (C=O) groups is 2. The van der Waals surface area contributed by atoms with Crippen molar-refractivity contribution >= 4 is 132 Å². The molecule has 0 aliphatic heterocycles. The van der Waals surface area contributed by atoms with E-state index < -0.39 is 52.9 Å². The normalized spacial score (nSPS) is 10.7. The number of hydrogen-bond donors (Lipinski definition) is 4. The van der Waals surface area contributed by atoms with Gasteiger partial charge in [0.1, 0.15) is 39.3 Å². The number of carbonyl (C=O) groups excluding carboxylic acids is 2. The molecule has 0 unspecified atom stereocenters. The van der Waals surface area contributed by atoms with Gasteiger partial charge < -0.3 is 34.9 Å². The first kappa shape index (κ1) is 49.6. The molecular weight excluding hydrogens is 1020 g/mol. The molecule has 4 aromatic carbocycles. The summed E-state index contributed by atoms with van der Waals surface area (Å²) >= 11 is 30.6. The highest BCUT2D eigenvalue weighted by Crippen LogP contribution is 2.41. The average molecular weight is 1040 g/mol. The molecule has 0 aliphatic rings. The van der Waals surface area contributed by atoms with E-state index in [2.05, 4.69) is 41.3 Å². The fourth-order valence-corrected chi connectivity index (χ4v) is 8.00. The largest absolute Gasteiger partial charge is 0.507 e. The van der Waals surface area contributed by atoms with Gasteiger partial charge in [0.15, 0.2) is 11.5 Å². The Hall–Kier alpha value is -2.46. The van der Waals surface area contributed by atoms with Crippen LogP contribution in [0.3, 0.4) is 0 Å². The van der Waals surface area contributed by atoms with Crippen LogP contribution in [-0.4, -0.2) is 66.3 Å². The maximum atomic E-state index is 12.3. The van der Waals surface area contributed by atoms with Gasteiger partial charge in [0.05, 0.1) is 40.9 Å². The zero-order valence-electron chi connectivity index (χ0n) is 27.1. The van der Waals surface area contributed by atoms with E-state index >= 15 is 0 Å². The fraction of sp³-hybridized carbons (Fsp3) is 0.133. The van der Waals surface area contributed by atoms with Crippen molar-refractivity contribution < 1.29 is 55.6 Å². The number of hydrogen-bond acceptors (Lipinski definition) is 13. The molecule has 296 valence electrons. The van der Waals surface area contributed by atoms with Crippen molar-refractivity contribution in [2.45, 2.75) is 9.79 Å². The van der Waals surface area contributed by atoms with Crippen LogP contribution in [0, 0.1) is 0 Å². The number of methoxy groups -OCH3 is 2. The highest BCUT2D eigenvalue weighted by atomic mass is 79.9. The minimum atomic E-state index is -4.19. The Balaban J connectivity index is 0.000000468. The molecule has 14 nitrogen and oxygen atoms in total. The molecule has 0 spiro atoms. The molecule has 0 fully saturated rings. The van der Waals surface area contributed by atoms with Crippen LogP contribution in [0.5, 0.6) is 34.5 Å². The van der Waals surface area contributed by atoms with E-state index in [4.69, 9.17) is 72.3 Å². The van der Waals surface area contributed by atoms with Crippen molar-refractivity contribution in [3.05, 3.63) is 89.7 Å². The topological polar surface area (TPSA) is 218 Å². The molecule has 24 heteroatoms. The second-order valence-corrected chi connectivity index (χ2v) is 17.2. The number of rotatable bonds is 10. The summed E-state index contributed by atoms with van der Waals surface area (Å²) in [6.07, 6.45) is 0. The number of nitrogens with one attached hydrogen (secondary N) is 1. The molecule has 0 aliphatic carbocycles. The molecule has 0 heterocycles. The van der Waals surface area contributed by atoms with Crippen molar-refractivity contribution in [3.63, 3.8) is 0 Å². The molecular formula is C30H26Br2Cl6N2O12S2. The van der Waals surface area contributed by atoms with Gasteiger partial charge in [0, 0.05) is 31.8 Å². The van der Waals surface area contributed by atoms with E-state index in [1.807, 2.05) is 4.72 Å². The van der Waals surface area contributed by atoms with Crippen LogP contribution in [0.1, 0.15) is 0 Å². The van der Waals surface area contributed by atoms with Gasteiger partial charge >= 0.3 is 11.9 Å². The number of phenolic OH excluding ortho intramolecular Hbond substituents is 2. The van der Waals surface area contributed by atoms with Crippen molar-refractivity contribution in [1.82, 2.24) is 4.72 Å². The maximum Gasteiger partial charge on any atom is 0.320 e. The van der Waals surface area contributed by atoms with Gasteiger partial charge in [-0.05, 0) is 48.5 Å². The van der Waals surface area contributed by atoms with Gasteiger partial charge in [0.25, 0.3) is 9.05 Å². The summed E-state index contributed by atoms with van der Waals surface area (Å²) in [6.45, 7) is -0.621. The Morgan fingerprint density at radius 2 is 1.07 bits per heavy atom. The molecule has 0 bridgehead atoms. The van der Waals surface area contributed by atoms with Gasteiger partial charge in [-0.2, -0.15) is 4.72 Å². The van der Waals surface area contributed by atoms with Gasteiger partial charge in [0.2, 0.25) is 10.0 Å². The lowest BCUT2D eigenvalue weighted by Gasteiger charge is -2.12. The summed E-state index contributed by atoms with van der Waals surface area (Å²) in [6, 6.07) is 13.4. The van der Waals surface area contributed by atoms with Crippen LogP contribution in [0.25, 0.3) is 0 Å². The Labute approximate surface area is 356 Å². The summed E-state index contributed by atoms with van der Waals surface area (Å²) in [7, 11) is -0.658. The third kappa shape index (κ3) is 15.2. The predicted octanol–water partition coefficient (Wildman–Crippen LogP) is 8.43. The number of ether oxygens (including phenoxy) is 4. The van der Waals surface area contributed by atoms with Crippen molar-refractivity contribution in [1.29, 1.82) is 0 Å². The first-order valence-electron chi connectivity index (χ1n) is 13.7. The molecule has 5 N–H and O–H groups in total. The summed E-state index contributed by atoms with van der Waals surface area (Å²) in [5.41, 5.74) is 4.81. The molecule has 54 heavy (non-hydrogen) atoms. The van der Waals surface area contributed by atoms with E-state index in [1.54, 1.807) is 24.3 Å². The van der Waals surface area contributed by atoms with Crippen LogP contribution in [-0.2, 0) is 38.1 Å². The van der Waals surface area contributed by atoms with Crippen LogP contribution < -0.4 is 19.9 Å². The summed E-state index contributed by atoms with van der Waals surface area (Å²) in [4.78, 5) is 20.0. The zero-order chi connectivity index (χ0) is 40.3. The smallest absolute Gasteiger partial charge is 0.320 e. The van der Waals surface area contributed by atoms with Crippen LogP contribution in [0.15, 0.2) is 79.4 Å². The first-order chi connectivity index (χ1) is 24.6. The Bertz CT molecular complexity index is 2150. The van der Waals surface area contributed by atoms with Crippen molar-refractivity contribution in [3.8, 4) is 34.5 Å². The monoisotopic (exact) mass is 1040 g/mol. The number of aromatic hydroxyl groups is 2. The van der Waals surface area contributed by atoms with Crippen LogP contribution >= 0.6 is 101 Å². The SMILES string of the molecule is COC(=O)CN.COC(=O)CNS(=O)(=O)c1cc(Oc2c(Cl)cc(Br)cc2Cl)ccc1O.Cl.O=S(=O)(Cl)c1cc(Oc2c(Cl)cc(Br)cc2Cl)ccc1O. The number of sulfonamides is 1. The Kier molecular flexibility index (Phi) is 20.5. The van der Waals surface area contributed by atoms with E-state index in [1.165, 1.54) is 19.2 Å². The van der Waals surface area contributed by atoms with Crippen LogP contribution in [0.4, 0.5) is 0 Å². The van der Waals surface area contributed by atoms with E-state index in [0.29, 0.717) is 8.95 Å². The standard InChI is InChI=1S/C15H12BrCl2NO6S.C12H6BrCl3O4S.C3H7NO2.ClH/c1-24-14(21)7-19-26(22,23)13-6-9(2-3-12(13)20)25-15-10(17)4-8(16)5-11(15)18;13-6-3-8(14)12(9(15)4-6)20-7-1-2-10(17)11(5-7)21(16,18)19;1-6-3(5)2-4;/h2-6,19-20H,7H2,1H3;1-5,17H;2,4H2,1H3;1H. The third-order valence-corrected chi connectivity index (χ3v) is 10.6. The lowest BCUT2D eigenvalue weighted by Crippen LogP contribution is -2.30. The maximum absolute atomic E-state index is 12.3. The molecule has 4 rings (SSSR count). The van der Waals surface area contributed by atoms with E-state index in [9.17, 15) is 36.6 Å². The second-order valence-electron chi connectivity index (χ2n) is 9.48. The molecule has 0 amide bonds. The van der Waals surface area contributed by atoms with E-state index in [-0.39, 0.29) is 68.0 Å². The van der Waals surface area contributed by atoms with Gasteiger partial charge in [-0.3, -0.25) is 9.59 Å². The average Bonchev–Trinajstić information content (AvgIpc) is 3.07. The fourth-order valence-electron chi connectivity index (χ4n) is 3.40. The van der Waals surface area contributed by atoms with Gasteiger partial charge in [-0.1, -0.05) is 78.3 Å². The molecule has 0 aromatic heterocycles. The zero-order valence-corrected chi connectivity index (χ0v) is 36.5. The highest BCUT2D eigenvalue weighted by Gasteiger charge is 2.22. The summed E-state index contributed by atoms with van der Waals surface area (Å²) in [5, 5.41) is 20.2. The van der Waals surface area contributed by atoms with Gasteiger partial charge in [-0.25, -0.2) is 16.8 Å². The second kappa shape index (κ2) is 22.3. The molecule has 0 saturated heterocycles. The van der Waals surface area contributed by atoms with Crippen molar-refractivity contribution in [2.75, 3.05) is 27.3 Å². The number of benzene rings is 4. The minimum Gasteiger partial charge on any atom is -0.507 e. The summed E-state index contributed by atoms with van der Waals surface area (Å²) in [5.74, 6) is -1.72. The number of esters is 2. The number of phenols is 2. The van der Waals surface area contributed by atoms with Crippen molar-refractivity contribution in [2.24, 2.45) is 5.73 Å². The minimum absolute atomic E-state index is 0. The first-order valence-corrected chi connectivity index (χ1v) is 20.6. The molecule has 0 atom stereocenters. The number of halogens is 8. The number of nitrogens with two attached hydrogens (primary N) is 1. The van der Waals surface area contributed by atoms with Gasteiger partial charge in [-0.15, -0.1) is 12.4 Å². The Morgan fingerprint density at radius 1 is 0.704 bits per heavy atom. The molecule has 0 saturated carbocycles. The van der Waals surface area contributed by atoms with Crippen LogP contribution in [0.2, 0.25) is 20.1 Å². The molecule has 4 aromatic rings. The van der Waals surface area contributed by atoms with E-state index in [0.717, 1.165) is 31.4 Å².